The summed E-state index contributed by atoms with van der Waals surface area (Å²) in [6.45, 7) is 2.77. The number of ether oxygens (including phenoxy) is 1. The van der Waals surface area contributed by atoms with Crippen LogP contribution >= 0.6 is 0 Å². The van der Waals surface area contributed by atoms with Gasteiger partial charge in [0.2, 0.25) is 5.91 Å². The Hall–Kier alpha value is -1.86. The van der Waals surface area contributed by atoms with Gasteiger partial charge in [0.05, 0.1) is 37.1 Å². The third-order valence-corrected chi connectivity index (χ3v) is 4.10. The van der Waals surface area contributed by atoms with E-state index in [2.05, 4.69) is 10.2 Å². The summed E-state index contributed by atoms with van der Waals surface area (Å²) >= 11 is 0. The summed E-state index contributed by atoms with van der Waals surface area (Å²) in [6.07, 6.45) is 2.91. The van der Waals surface area contributed by atoms with Crippen LogP contribution in [-0.4, -0.2) is 73.6 Å². The van der Waals surface area contributed by atoms with Crippen molar-refractivity contribution in [1.82, 2.24) is 15.1 Å². The van der Waals surface area contributed by atoms with E-state index in [-0.39, 0.29) is 24.0 Å². The fraction of sp³-hybridized carbons (Fsp3) is 0.571. The van der Waals surface area contributed by atoms with Crippen LogP contribution in [0.1, 0.15) is 10.4 Å². The lowest BCUT2D eigenvalue weighted by Crippen LogP contribution is -2.53. The van der Waals surface area contributed by atoms with Crippen LogP contribution in [0.4, 0.5) is 0 Å². The summed E-state index contributed by atoms with van der Waals surface area (Å²) in [5.74, 6) is -0.0723. The number of rotatable bonds is 3. The standard InChI is InChI=1S/C14H19N3O4/c1-15-13(18)8-16-3-5-21-12-7-17(6-11(12)16)14(19)10-2-4-20-9-10/h2,4,9,11-12H,3,5-8H2,1H3,(H,15,18)/t11-,12+/m1/s1. The summed E-state index contributed by atoms with van der Waals surface area (Å²) in [5, 5.41) is 2.63. The molecule has 2 aliphatic rings. The predicted molar refractivity (Wildman–Crippen MR) is 73.8 cm³/mol. The molecule has 3 heterocycles. The molecule has 0 saturated carbocycles. The molecule has 2 atom stereocenters. The second-order valence-electron chi connectivity index (χ2n) is 5.34. The largest absolute Gasteiger partial charge is 0.472 e. The van der Waals surface area contributed by atoms with Gasteiger partial charge in [0.1, 0.15) is 6.26 Å². The number of fused-ring (bicyclic) bond motifs is 1. The summed E-state index contributed by atoms with van der Waals surface area (Å²) in [5.41, 5.74) is 0.548. The average molecular weight is 293 g/mol. The summed E-state index contributed by atoms with van der Waals surface area (Å²) < 4.78 is 10.7. The van der Waals surface area contributed by atoms with Crippen LogP contribution in [0.5, 0.6) is 0 Å². The number of nitrogens with one attached hydrogen (secondary N) is 1. The van der Waals surface area contributed by atoms with Crippen LogP contribution < -0.4 is 5.32 Å². The number of likely N-dealkylation sites (N-methyl/N-ethyl adjacent to an activating group) is 1. The molecule has 3 rings (SSSR count). The smallest absolute Gasteiger partial charge is 0.257 e. The molecule has 1 N–H and O–H groups in total. The van der Waals surface area contributed by atoms with Gasteiger partial charge in [-0.25, -0.2) is 0 Å². The highest BCUT2D eigenvalue weighted by Crippen LogP contribution is 2.24. The number of likely N-dealkylation sites (tertiary alicyclic amines) is 1. The van der Waals surface area contributed by atoms with E-state index in [9.17, 15) is 9.59 Å². The highest BCUT2D eigenvalue weighted by atomic mass is 16.5. The molecule has 0 bridgehead atoms. The molecule has 0 spiro atoms. The highest BCUT2D eigenvalue weighted by Gasteiger charge is 2.42. The normalized spacial score (nSPS) is 25.7. The van der Waals surface area contributed by atoms with E-state index in [0.717, 1.165) is 0 Å². The summed E-state index contributed by atoms with van der Waals surface area (Å²) in [4.78, 5) is 27.8. The number of hydrogen-bond acceptors (Lipinski definition) is 5. The third-order valence-electron chi connectivity index (χ3n) is 4.10. The number of carbonyl (C=O) groups is 2. The van der Waals surface area contributed by atoms with Crippen LogP contribution in [0.3, 0.4) is 0 Å². The fourth-order valence-corrected chi connectivity index (χ4v) is 2.95. The maximum atomic E-state index is 12.3. The minimum absolute atomic E-state index is 0.0183. The molecule has 7 nitrogen and oxygen atoms in total. The van der Waals surface area contributed by atoms with E-state index in [1.807, 2.05) is 0 Å². The van der Waals surface area contributed by atoms with Gasteiger partial charge < -0.3 is 19.4 Å². The van der Waals surface area contributed by atoms with E-state index in [1.54, 1.807) is 18.0 Å². The molecule has 114 valence electrons. The molecule has 7 heteroatoms. The van der Waals surface area contributed by atoms with Gasteiger partial charge in [-0.2, -0.15) is 0 Å². The number of furan rings is 1. The Morgan fingerprint density at radius 1 is 1.43 bits per heavy atom. The van der Waals surface area contributed by atoms with Gasteiger partial charge in [0.15, 0.2) is 0 Å². The quantitative estimate of drug-likeness (QED) is 0.817. The first-order valence-electron chi connectivity index (χ1n) is 7.06. The van der Waals surface area contributed by atoms with E-state index in [4.69, 9.17) is 9.15 Å². The van der Waals surface area contributed by atoms with Crippen molar-refractivity contribution >= 4 is 11.8 Å². The Labute approximate surface area is 122 Å². The zero-order valence-electron chi connectivity index (χ0n) is 11.9. The molecule has 1 aromatic rings. The number of amides is 2. The first-order valence-corrected chi connectivity index (χ1v) is 7.06. The molecule has 1 aromatic heterocycles. The summed E-state index contributed by atoms with van der Waals surface area (Å²) in [6, 6.07) is 1.74. The first kappa shape index (κ1) is 14.1. The van der Waals surface area contributed by atoms with Gasteiger partial charge in [-0.15, -0.1) is 0 Å². The van der Waals surface area contributed by atoms with Crippen molar-refractivity contribution in [3.05, 3.63) is 24.2 Å². The topological polar surface area (TPSA) is 75.0 Å². The number of nitrogens with zero attached hydrogens (tertiary/aromatic N) is 2. The van der Waals surface area contributed by atoms with Crippen LogP contribution in [0.2, 0.25) is 0 Å². The lowest BCUT2D eigenvalue weighted by atomic mass is 10.1. The van der Waals surface area contributed by atoms with Gasteiger partial charge in [-0.1, -0.05) is 0 Å². The maximum Gasteiger partial charge on any atom is 0.257 e. The van der Waals surface area contributed by atoms with Crippen molar-refractivity contribution in [2.24, 2.45) is 0 Å². The minimum Gasteiger partial charge on any atom is -0.472 e. The molecular formula is C14H19N3O4. The Morgan fingerprint density at radius 2 is 2.29 bits per heavy atom. The highest BCUT2D eigenvalue weighted by molar-refractivity contribution is 5.94. The lowest BCUT2D eigenvalue weighted by molar-refractivity contribution is -0.125. The van der Waals surface area contributed by atoms with E-state index in [1.165, 1.54) is 12.5 Å². The second-order valence-corrected chi connectivity index (χ2v) is 5.34. The molecular weight excluding hydrogens is 274 g/mol. The number of carbonyl (C=O) groups excluding carboxylic acids is 2. The van der Waals surface area contributed by atoms with Crippen molar-refractivity contribution in [3.8, 4) is 0 Å². The molecule has 2 saturated heterocycles. The Balaban J connectivity index is 1.68. The zero-order valence-corrected chi connectivity index (χ0v) is 11.9. The van der Waals surface area contributed by atoms with E-state index >= 15 is 0 Å². The zero-order chi connectivity index (χ0) is 14.8. The molecule has 0 aliphatic carbocycles. The van der Waals surface area contributed by atoms with Gasteiger partial charge >= 0.3 is 0 Å². The van der Waals surface area contributed by atoms with Gasteiger partial charge in [0.25, 0.3) is 5.91 Å². The third kappa shape index (κ3) is 2.79. The Kier molecular flexibility index (Phi) is 3.94. The van der Waals surface area contributed by atoms with Crippen molar-refractivity contribution in [2.45, 2.75) is 12.1 Å². The molecule has 0 radical (unpaired) electrons. The molecule has 0 aromatic carbocycles. The molecule has 2 aliphatic heterocycles. The monoisotopic (exact) mass is 293 g/mol. The molecule has 21 heavy (non-hydrogen) atoms. The summed E-state index contributed by atoms with van der Waals surface area (Å²) in [7, 11) is 1.63. The molecule has 0 unspecified atom stereocenters. The van der Waals surface area contributed by atoms with E-state index in [0.29, 0.717) is 38.3 Å². The van der Waals surface area contributed by atoms with Crippen molar-refractivity contribution in [2.75, 3.05) is 39.8 Å². The van der Waals surface area contributed by atoms with Crippen LogP contribution in [0, 0.1) is 0 Å². The van der Waals surface area contributed by atoms with Crippen LogP contribution in [0.15, 0.2) is 23.0 Å². The maximum absolute atomic E-state index is 12.3. The Bertz CT molecular complexity index is 516. The predicted octanol–water partition coefficient (Wildman–Crippen LogP) is -0.449. The van der Waals surface area contributed by atoms with Crippen LogP contribution in [0.25, 0.3) is 0 Å². The van der Waals surface area contributed by atoms with Gasteiger partial charge in [0, 0.05) is 26.7 Å². The Morgan fingerprint density at radius 3 is 3.00 bits per heavy atom. The molecule has 2 amide bonds. The van der Waals surface area contributed by atoms with Gasteiger partial charge in [-0.3, -0.25) is 14.5 Å². The van der Waals surface area contributed by atoms with Crippen molar-refractivity contribution < 1.29 is 18.7 Å². The lowest BCUT2D eigenvalue weighted by Gasteiger charge is -2.35. The number of morpholine rings is 1. The van der Waals surface area contributed by atoms with Gasteiger partial charge in [-0.05, 0) is 6.07 Å². The van der Waals surface area contributed by atoms with Crippen molar-refractivity contribution in [3.63, 3.8) is 0 Å². The fourth-order valence-electron chi connectivity index (χ4n) is 2.95. The number of hydrogen-bond donors (Lipinski definition) is 1. The average Bonchev–Trinajstić information content (AvgIpc) is 3.16. The molecule has 2 fully saturated rings. The first-order chi connectivity index (χ1) is 10.2. The van der Waals surface area contributed by atoms with Crippen LogP contribution in [-0.2, 0) is 9.53 Å². The second kappa shape index (κ2) is 5.87. The van der Waals surface area contributed by atoms with E-state index < -0.39 is 0 Å². The minimum atomic E-state index is -0.0540. The SMILES string of the molecule is CNC(=O)CN1CCO[C@H]2CN(C(=O)c3ccoc3)C[C@H]21. The van der Waals surface area contributed by atoms with Crippen molar-refractivity contribution in [1.29, 1.82) is 0 Å².